The second-order valence-electron chi connectivity index (χ2n) is 6.36. The van der Waals surface area contributed by atoms with Crippen LogP contribution < -0.4 is 0 Å². The zero-order valence-corrected chi connectivity index (χ0v) is 12.7. The van der Waals surface area contributed by atoms with Crippen LogP contribution in [0, 0.1) is 5.92 Å². The van der Waals surface area contributed by atoms with E-state index in [1.54, 1.807) is 4.90 Å². The van der Waals surface area contributed by atoms with Gasteiger partial charge < -0.3 is 9.64 Å². The Bertz CT molecular complexity index is 375. The maximum Gasteiger partial charge on any atom is 0.410 e. The highest BCUT2D eigenvalue weighted by atomic mass is 16.6. The Kier molecular flexibility index (Phi) is 5.15. The number of Topliss-reactive ketones (excluding diaryl/α,β-unsaturated/α-hetero) is 1. The van der Waals surface area contributed by atoms with Gasteiger partial charge in [-0.3, -0.25) is 4.79 Å². The molecule has 4 nitrogen and oxygen atoms in total. The largest absolute Gasteiger partial charge is 0.444 e. The number of ketones is 1. The van der Waals surface area contributed by atoms with Gasteiger partial charge in [0.05, 0.1) is 0 Å². The molecule has 0 saturated carbocycles. The maximum atomic E-state index is 12.0. The molecule has 1 heterocycles. The first-order valence-corrected chi connectivity index (χ1v) is 6.83. The summed E-state index contributed by atoms with van der Waals surface area (Å²) >= 11 is 0. The van der Waals surface area contributed by atoms with Gasteiger partial charge in [-0.05, 0) is 41.0 Å². The lowest BCUT2D eigenvalue weighted by Gasteiger charge is -2.33. The number of hydrogen-bond acceptors (Lipinski definition) is 3. The first-order chi connectivity index (χ1) is 8.69. The molecule has 0 bridgehead atoms. The summed E-state index contributed by atoms with van der Waals surface area (Å²) in [7, 11) is 0. The third-order valence-corrected chi connectivity index (χ3v) is 2.99. The van der Waals surface area contributed by atoms with Gasteiger partial charge in [-0.1, -0.05) is 11.6 Å². The third kappa shape index (κ3) is 5.45. The minimum atomic E-state index is -0.492. The van der Waals surface area contributed by atoms with E-state index in [9.17, 15) is 9.59 Å². The lowest BCUT2D eigenvalue weighted by molar-refractivity contribution is -0.125. The first-order valence-electron chi connectivity index (χ1n) is 6.83. The Morgan fingerprint density at radius 2 is 2.05 bits per heavy atom. The molecule has 0 radical (unpaired) electrons. The summed E-state index contributed by atoms with van der Waals surface area (Å²) in [6.07, 6.45) is 2.88. The van der Waals surface area contributed by atoms with Crippen LogP contribution in [0.2, 0.25) is 0 Å². The fourth-order valence-corrected chi connectivity index (χ4v) is 1.98. The summed E-state index contributed by atoms with van der Waals surface area (Å²) < 4.78 is 5.35. The predicted octanol–water partition coefficient (Wildman–Crippen LogP) is 3.17. The summed E-state index contributed by atoms with van der Waals surface area (Å²) in [4.78, 5) is 25.5. The van der Waals surface area contributed by atoms with Gasteiger partial charge in [0, 0.05) is 25.4 Å². The van der Waals surface area contributed by atoms with E-state index in [2.05, 4.69) is 6.08 Å². The molecule has 1 fully saturated rings. The van der Waals surface area contributed by atoms with Crippen LogP contribution >= 0.6 is 0 Å². The van der Waals surface area contributed by atoms with Gasteiger partial charge >= 0.3 is 6.09 Å². The molecule has 0 N–H and O–H groups in total. The lowest BCUT2D eigenvalue weighted by atomic mass is 9.93. The van der Waals surface area contributed by atoms with E-state index in [4.69, 9.17) is 4.74 Å². The fraction of sp³-hybridized carbons (Fsp3) is 0.733. The topological polar surface area (TPSA) is 46.6 Å². The minimum Gasteiger partial charge on any atom is -0.444 e. The number of amides is 1. The fourth-order valence-electron chi connectivity index (χ4n) is 1.98. The number of ether oxygens (including phenoxy) is 1. The van der Waals surface area contributed by atoms with Gasteiger partial charge in [-0.25, -0.2) is 4.79 Å². The number of hydrogen-bond donors (Lipinski definition) is 0. The van der Waals surface area contributed by atoms with Crippen molar-refractivity contribution in [2.75, 3.05) is 13.1 Å². The van der Waals surface area contributed by atoms with Crippen molar-refractivity contribution < 1.29 is 14.3 Å². The number of nitrogens with zero attached hydrogens (tertiary/aromatic N) is 1. The van der Waals surface area contributed by atoms with Gasteiger partial charge in [0.25, 0.3) is 0 Å². The second kappa shape index (κ2) is 6.22. The molecular formula is C15H25NO3. The quantitative estimate of drug-likeness (QED) is 0.722. The molecule has 0 aromatic carbocycles. The molecule has 0 aromatic rings. The number of rotatable bonds is 2. The van der Waals surface area contributed by atoms with Gasteiger partial charge in [-0.15, -0.1) is 0 Å². The van der Waals surface area contributed by atoms with Crippen LogP contribution in [0.4, 0.5) is 4.79 Å². The van der Waals surface area contributed by atoms with Crippen LogP contribution in [-0.4, -0.2) is 35.5 Å². The molecule has 1 atom stereocenters. The smallest absolute Gasteiger partial charge is 0.410 e. The van der Waals surface area contributed by atoms with Crippen molar-refractivity contribution in [1.29, 1.82) is 0 Å². The predicted molar refractivity (Wildman–Crippen MR) is 75.0 cm³/mol. The summed E-state index contributed by atoms with van der Waals surface area (Å²) in [6.45, 7) is 10.5. The molecule has 1 unspecified atom stereocenters. The van der Waals surface area contributed by atoms with E-state index in [-0.39, 0.29) is 17.8 Å². The van der Waals surface area contributed by atoms with Crippen LogP contribution in [-0.2, 0) is 9.53 Å². The Hall–Kier alpha value is -1.32. The molecule has 1 rings (SSSR count). The minimum absolute atomic E-state index is 0.0869. The third-order valence-electron chi connectivity index (χ3n) is 2.99. The molecule has 1 aliphatic heterocycles. The molecule has 0 spiro atoms. The Labute approximate surface area is 115 Å². The Balaban J connectivity index is 2.61. The number of piperidine rings is 1. The SMILES string of the molecule is CC(C)=CCC1CN(C(=O)OC(C)(C)C)CCC1=O. The Morgan fingerprint density at radius 3 is 2.58 bits per heavy atom. The van der Waals surface area contributed by atoms with Crippen molar-refractivity contribution >= 4 is 11.9 Å². The molecule has 0 aromatic heterocycles. The zero-order valence-electron chi connectivity index (χ0n) is 12.7. The van der Waals surface area contributed by atoms with E-state index >= 15 is 0 Å². The van der Waals surface area contributed by atoms with Crippen molar-refractivity contribution in [3.05, 3.63) is 11.6 Å². The molecule has 19 heavy (non-hydrogen) atoms. The van der Waals surface area contributed by atoms with Crippen molar-refractivity contribution in [2.24, 2.45) is 5.92 Å². The summed E-state index contributed by atoms with van der Waals surface area (Å²) in [5, 5.41) is 0. The highest BCUT2D eigenvalue weighted by Gasteiger charge is 2.31. The summed E-state index contributed by atoms with van der Waals surface area (Å²) in [5.74, 6) is 0.161. The van der Waals surface area contributed by atoms with Gasteiger partial charge in [0.15, 0.2) is 0 Å². The van der Waals surface area contributed by atoms with Crippen LogP contribution in [0.15, 0.2) is 11.6 Å². The lowest BCUT2D eigenvalue weighted by Crippen LogP contribution is -2.46. The summed E-state index contributed by atoms with van der Waals surface area (Å²) in [6, 6.07) is 0. The maximum absolute atomic E-state index is 12.0. The van der Waals surface area contributed by atoms with E-state index in [0.29, 0.717) is 25.9 Å². The van der Waals surface area contributed by atoms with Crippen LogP contribution in [0.5, 0.6) is 0 Å². The highest BCUT2D eigenvalue weighted by molar-refractivity contribution is 5.84. The van der Waals surface area contributed by atoms with Crippen molar-refractivity contribution in [1.82, 2.24) is 4.90 Å². The van der Waals surface area contributed by atoms with Crippen molar-refractivity contribution in [2.45, 2.75) is 53.1 Å². The molecule has 1 amide bonds. The molecular weight excluding hydrogens is 242 g/mol. The molecule has 1 aliphatic rings. The zero-order chi connectivity index (χ0) is 14.6. The number of carbonyl (C=O) groups is 2. The Morgan fingerprint density at radius 1 is 1.42 bits per heavy atom. The monoisotopic (exact) mass is 267 g/mol. The van der Waals surface area contributed by atoms with Gasteiger partial charge in [0.2, 0.25) is 0 Å². The van der Waals surface area contributed by atoms with Crippen molar-refractivity contribution in [3.63, 3.8) is 0 Å². The highest BCUT2D eigenvalue weighted by Crippen LogP contribution is 2.20. The first kappa shape index (κ1) is 15.7. The van der Waals surface area contributed by atoms with Gasteiger partial charge in [0.1, 0.15) is 11.4 Å². The number of allylic oxidation sites excluding steroid dienone is 2. The molecule has 4 heteroatoms. The van der Waals surface area contributed by atoms with E-state index in [1.807, 2.05) is 34.6 Å². The van der Waals surface area contributed by atoms with Gasteiger partial charge in [-0.2, -0.15) is 0 Å². The van der Waals surface area contributed by atoms with E-state index in [1.165, 1.54) is 5.57 Å². The molecule has 1 saturated heterocycles. The summed E-state index contributed by atoms with van der Waals surface area (Å²) in [5.41, 5.74) is 0.704. The standard InChI is InChI=1S/C15H25NO3/c1-11(2)6-7-12-10-16(9-8-13(12)17)14(18)19-15(3,4)5/h6,12H,7-10H2,1-5H3. The normalized spacial score (nSPS) is 20.2. The molecule has 0 aliphatic carbocycles. The number of carbonyl (C=O) groups excluding carboxylic acids is 2. The average molecular weight is 267 g/mol. The second-order valence-corrected chi connectivity index (χ2v) is 6.36. The van der Waals surface area contributed by atoms with Crippen LogP contribution in [0.25, 0.3) is 0 Å². The van der Waals surface area contributed by atoms with E-state index in [0.717, 1.165) is 0 Å². The van der Waals surface area contributed by atoms with E-state index < -0.39 is 5.60 Å². The van der Waals surface area contributed by atoms with Crippen LogP contribution in [0.1, 0.15) is 47.5 Å². The number of likely N-dealkylation sites (tertiary alicyclic amines) is 1. The van der Waals surface area contributed by atoms with Crippen molar-refractivity contribution in [3.8, 4) is 0 Å². The molecule has 108 valence electrons. The average Bonchev–Trinajstić information content (AvgIpc) is 2.25. The van der Waals surface area contributed by atoms with Crippen LogP contribution in [0.3, 0.4) is 0 Å².